The maximum Gasteiger partial charge on any atom is 0.238 e. The van der Waals surface area contributed by atoms with Crippen LogP contribution in [0.15, 0.2) is 30.6 Å². The maximum atomic E-state index is 12.6. The number of amides is 1. The van der Waals surface area contributed by atoms with Crippen molar-refractivity contribution in [2.75, 3.05) is 36.4 Å². The first kappa shape index (κ1) is 21.3. The van der Waals surface area contributed by atoms with E-state index < -0.39 is 0 Å². The van der Waals surface area contributed by atoms with Gasteiger partial charge in [0.05, 0.1) is 6.54 Å². The topological polar surface area (TPSA) is 66.3 Å². The number of nitrogens with one attached hydrogen (secondary N) is 1. The Morgan fingerprint density at radius 2 is 2.03 bits per heavy atom. The minimum Gasteiger partial charge on any atom is -0.369 e. The zero-order chi connectivity index (χ0) is 20.8. The lowest BCUT2D eigenvalue weighted by Crippen LogP contribution is -2.40. The van der Waals surface area contributed by atoms with Gasteiger partial charge in [-0.25, -0.2) is 0 Å². The average Bonchev–Trinajstić information content (AvgIpc) is 3.18. The van der Waals surface area contributed by atoms with Crippen molar-refractivity contribution in [3.8, 4) is 0 Å². The van der Waals surface area contributed by atoms with E-state index >= 15 is 0 Å². The van der Waals surface area contributed by atoms with E-state index in [-0.39, 0.29) is 5.91 Å². The fourth-order valence-electron chi connectivity index (χ4n) is 4.22. The van der Waals surface area contributed by atoms with Crippen molar-refractivity contribution in [1.82, 2.24) is 19.7 Å². The molecule has 2 aromatic rings. The van der Waals surface area contributed by atoms with Crippen LogP contribution in [0, 0.1) is 0 Å². The third-order valence-corrected chi connectivity index (χ3v) is 5.67. The second-order valence-electron chi connectivity index (χ2n) is 8.02. The van der Waals surface area contributed by atoms with E-state index in [2.05, 4.69) is 69.7 Å². The highest BCUT2D eigenvalue weighted by atomic mass is 16.2. The highest BCUT2D eigenvalue weighted by molar-refractivity contribution is 5.92. The van der Waals surface area contributed by atoms with Crippen LogP contribution in [0.25, 0.3) is 0 Å². The minimum atomic E-state index is 0.0339. The molecule has 0 radical (unpaired) electrons. The van der Waals surface area contributed by atoms with Gasteiger partial charge in [0, 0.05) is 43.0 Å². The lowest BCUT2D eigenvalue weighted by Gasteiger charge is -2.31. The summed E-state index contributed by atoms with van der Waals surface area (Å²) in [5.74, 6) is 1.42. The standard InChI is InChI=1S/C22H34N6O/c1-5-27-16-23-25-22(27)18-8-7-13-26(14-18)15-21(29)24-19-9-11-20(12-10-19)28(6-2)17(3)4/h9-12,16-18H,5-8,13-15H2,1-4H3,(H,24,29). The van der Waals surface area contributed by atoms with Gasteiger partial charge in [0.25, 0.3) is 0 Å². The monoisotopic (exact) mass is 398 g/mol. The van der Waals surface area contributed by atoms with Crippen LogP contribution in [0.1, 0.15) is 52.3 Å². The van der Waals surface area contributed by atoms with Gasteiger partial charge in [-0.05, 0) is 71.3 Å². The number of aryl methyl sites for hydroxylation is 1. The summed E-state index contributed by atoms with van der Waals surface area (Å²) >= 11 is 0. The molecule has 0 aliphatic carbocycles. The van der Waals surface area contributed by atoms with Gasteiger partial charge in [-0.1, -0.05) is 0 Å². The molecule has 0 bridgehead atoms. The SMILES string of the molecule is CCN(c1ccc(NC(=O)CN2CCCC(c3nncn3CC)C2)cc1)C(C)C. The molecular weight excluding hydrogens is 364 g/mol. The molecule has 1 unspecified atom stereocenters. The third-order valence-electron chi connectivity index (χ3n) is 5.67. The Morgan fingerprint density at radius 3 is 2.69 bits per heavy atom. The van der Waals surface area contributed by atoms with Gasteiger partial charge in [0.15, 0.2) is 0 Å². The Morgan fingerprint density at radius 1 is 1.28 bits per heavy atom. The number of likely N-dealkylation sites (tertiary alicyclic amines) is 1. The van der Waals surface area contributed by atoms with Crippen LogP contribution in [0.2, 0.25) is 0 Å². The van der Waals surface area contributed by atoms with E-state index in [1.54, 1.807) is 6.33 Å². The fraction of sp³-hybridized carbons (Fsp3) is 0.591. The number of piperidine rings is 1. The van der Waals surface area contributed by atoms with Crippen LogP contribution in [-0.4, -0.2) is 57.8 Å². The maximum absolute atomic E-state index is 12.6. The van der Waals surface area contributed by atoms with Crippen molar-refractivity contribution in [3.05, 3.63) is 36.4 Å². The highest BCUT2D eigenvalue weighted by Crippen LogP contribution is 2.25. The molecule has 1 N–H and O–H groups in total. The molecule has 1 saturated heterocycles. The molecule has 0 spiro atoms. The van der Waals surface area contributed by atoms with Crippen LogP contribution < -0.4 is 10.2 Å². The van der Waals surface area contributed by atoms with Gasteiger partial charge in [0.2, 0.25) is 5.91 Å². The smallest absolute Gasteiger partial charge is 0.238 e. The lowest BCUT2D eigenvalue weighted by molar-refractivity contribution is -0.117. The van der Waals surface area contributed by atoms with E-state index in [1.807, 2.05) is 12.1 Å². The number of benzene rings is 1. The normalized spacial score (nSPS) is 17.5. The molecule has 1 atom stereocenters. The zero-order valence-corrected chi connectivity index (χ0v) is 18.1. The van der Waals surface area contributed by atoms with Crippen LogP contribution in [0.5, 0.6) is 0 Å². The summed E-state index contributed by atoms with van der Waals surface area (Å²) in [6, 6.07) is 8.58. The van der Waals surface area contributed by atoms with Crippen LogP contribution >= 0.6 is 0 Å². The average molecular weight is 399 g/mol. The van der Waals surface area contributed by atoms with Gasteiger partial charge in [0.1, 0.15) is 12.2 Å². The Labute approximate surface area is 174 Å². The molecule has 1 aromatic heterocycles. The molecule has 158 valence electrons. The predicted octanol–water partition coefficient (Wildman–Crippen LogP) is 3.35. The number of hydrogen-bond acceptors (Lipinski definition) is 5. The molecule has 3 rings (SSSR count). The summed E-state index contributed by atoms with van der Waals surface area (Å²) in [4.78, 5) is 17.1. The Balaban J connectivity index is 1.55. The molecule has 7 nitrogen and oxygen atoms in total. The van der Waals surface area contributed by atoms with E-state index in [4.69, 9.17) is 0 Å². The molecule has 29 heavy (non-hydrogen) atoms. The van der Waals surface area contributed by atoms with Gasteiger partial charge < -0.3 is 14.8 Å². The van der Waals surface area contributed by atoms with Crippen molar-refractivity contribution in [2.45, 2.75) is 59.0 Å². The third kappa shape index (κ3) is 5.35. The van der Waals surface area contributed by atoms with Crippen molar-refractivity contribution in [1.29, 1.82) is 0 Å². The minimum absolute atomic E-state index is 0.0339. The lowest BCUT2D eigenvalue weighted by atomic mass is 9.97. The Kier molecular flexibility index (Phi) is 7.25. The number of carbonyl (C=O) groups excluding carboxylic acids is 1. The molecule has 1 aromatic carbocycles. The van der Waals surface area contributed by atoms with E-state index in [9.17, 15) is 4.79 Å². The number of aromatic nitrogens is 3. The van der Waals surface area contributed by atoms with E-state index in [0.717, 1.165) is 50.5 Å². The summed E-state index contributed by atoms with van der Waals surface area (Å²) in [6.45, 7) is 12.7. The first-order valence-corrected chi connectivity index (χ1v) is 10.8. The Hall–Kier alpha value is -2.41. The largest absolute Gasteiger partial charge is 0.369 e. The summed E-state index contributed by atoms with van der Waals surface area (Å²) in [5, 5.41) is 11.4. The quantitative estimate of drug-likeness (QED) is 0.739. The van der Waals surface area contributed by atoms with Gasteiger partial charge in [-0.2, -0.15) is 0 Å². The van der Waals surface area contributed by atoms with Crippen LogP contribution in [0.4, 0.5) is 11.4 Å². The van der Waals surface area contributed by atoms with E-state index in [0.29, 0.717) is 18.5 Å². The summed E-state index contributed by atoms with van der Waals surface area (Å²) < 4.78 is 2.10. The zero-order valence-electron chi connectivity index (χ0n) is 18.1. The predicted molar refractivity (Wildman–Crippen MR) is 117 cm³/mol. The molecule has 0 saturated carbocycles. The van der Waals surface area contributed by atoms with Crippen molar-refractivity contribution in [3.63, 3.8) is 0 Å². The molecule has 1 amide bonds. The van der Waals surface area contributed by atoms with Crippen LogP contribution in [0.3, 0.4) is 0 Å². The Bertz CT molecular complexity index is 785. The summed E-state index contributed by atoms with van der Waals surface area (Å²) in [5.41, 5.74) is 2.03. The van der Waals surface area contributed by atoms with Crippen molar-refractivity contribution < 1.29 is 4.79 Å². The second kappa shape index (κ2) is 9.87. The highest BCUT2D eigenvalue weighted by Gasteiger charge is 2.26. The fourth-order valence-corrected chi connectivity index (χ4v) is 4.22. The molecule has 1 fully saturated rings. The number of carbonyl (C=O) groups is 1. The summed E-state index contributed by atoms with van der Waals surface area (Å²) in [6.07, 6.45) is 3.97. The van der Waals surface area contributed by atoms with Gasteiger partial charge in [-0.3, -0.25) is 9.69 Å². The van der Waals surface area contributed by atoms with E-state index in [1.165, 1.54) is 5.69 Å². The first-order valence-electron chi connectivity index (χ1n) is 10.8. The van der Waals surface area contributed by atoms with Crippen molar-refractivity contribution in [2.24, 2.45) is 0 Å². The van der Waals surface area contributed by atoms with Crippen LogP contribution in [-0.2, 0) is 11.3 Å². The summed E-state index contributed by atoms with van der Waals surface area (Å²) in [7, 11) is 0. The molecule has 1 aliphatic heterocycles. The number of hydrogen-bond donors (Lipinski definition) is 1. The molecule has 7 heteroatoms. The van der Waals surface area contributed by atoms with Gasteiger partial charge >= 0.3 is 0 Å². The number of nitrogens with zero attached hydrogens (tertiary/aromatic N) is 5. The second-order valence-corrected chi connectivity index (χ2v) is 8.02. The molecule has 1 aliphatic rings. The van der Waals surface area contributed by atoms with Crippen molar-refractivity contribution >= 4 is 17.3 Å². The van der Waals surface area contributed by atoms with Gasteiger partial charge in [-0.15, -0.1) is 10.2 Å². The molecule has 2 heterocycles. The molecular formula is C22H34N6O. The number of rotatable bonds is 8. The first-order chi connectivity index (χ1) is 14.0. The number of anilines is 2.